The van der Waals surface area contributed by atoms with Crippen LogP contribution in [0.25, 0.3) is 0 Å². The van der Waals surface area contributed by atoms with Crippen LogP contribution in [0.1, 0.15) is 10.4 Å². The number of benzene rings is 1. The fraction of sp³-hybridized carbons (Fsp3) is 0.417. The summed E-state index contributed by atoms with van der Waals surface area (Å²) >= 11 is 5.47. The third kappa shape index (κ3) is 4.49. The molecule has 1 aromatic carbocycles. The molecule has 0 spiro atoms. The molecular formula is C12H15BrINO3. The summed E-state index contributed by atoms with van der Waals surface area (Å²) in [4.78, 5) is 13.7. The molecule has 0 saturated carbocycles. The molecule has 100 valence electrons. The highest BCUT2D eigenvalue weighted by Crippen LogP contribution is 2.19. The number of carbonyl (C=O) groups is 1. The first-order valence-corrected chi connectivity index (χ1v) is 7.20. The number of likely N-dealkylation sites (N-methyl/N-ethyl adjacent to an activating group) is 1. The number of hydrogen-bond acceptors (Lipinski definition) is 3. The lowest BCUT2D eigenvalue weighted by Gasteiger charge is -2.21. The van der Waals surface area contributed by atoms with Crippen molar-refractivity contribution in [1.82, 2.24) is 4.90 Å². The Balaban J connectivity index is 2.77. The maximum absolute atomic E-state index is 12.2. The zero-order chi connectivity index (χ0) is 13.7. The predicted octanol–water partition coefficient (Wildman–Crippen LogP) is 2.13. The molecule has 1 unspecified atom stereocenters. The number of aliphatic hydroxyl groups is 1. The molecule has 0 aromatic heterocycles. The third-order valence-corrected chi connectivity index (χ3v) is 3.78. The second-order valence-electron chi connectivity index (χ2n) is 3.92. The zero-order valence-corrected chi connectivity index (χ0v) is 13.9. The van der Waals surface area contributed by atoms with Gasteiger partial charge in [0.25, 0.3) is 5.91 Å². The molecule has 0 aliphatic rings. The molecule has 0 radical (unpaired) electrons. The first-order chi connectivity index (χ1) is 8.45. The average molecular weight is 428 g/mol. The van der Waals surface area contributed by atoms with Crippen molar-refractivity contribution in [2.75, 3.05) is 27.3 Å². The summed E-state index contributed by atoms with van der Waals surface area (Å²) in [7, 11) is 3.18. The van der Waals surface area contributed by atoms with E-state index in [0.717, 1.165) is 8.04 Å². The van der Waals surface area contributed by atoms with Gasteiger partial charge in [0.05, 0.1) is 18.3 Å². The maximum Gasteiger partial charge on any atom is 0.254 e. The molecular weight excluding hydrogens is 413 g/mol. The Kier molecular flexibility index (Phi) is 6.54. The van der Waals surface area contributed by atoms with Crippen molar-refractivity contribution in [3.63, 3.8) is 0 Å². The van der Waals surface area contributed by atoms with Gasteiger partial charge in [-0.3, -0.25) is 4.79 Å². The Morgan fingerprint density at radius 2 is 2.28 bits per heavy atom. The topological polar surface area (TPSA) is 49.8 Å². The maximum atomic E-state index is 12.2. The van der Waals surface area contributed by atoms with Crippen molar-refractivity contribution in [1.29, 1.82) is 0 Å². The molecule has 0 heterocycles. The number of hydrogen-bond donors (Lipinski definition) is 1. The number of ether oxygens (including phenoxy) is 1. The third-order valence-electron chi connectivity index (χ3n) is 2.35. The molecule has 18 heavy (non-hydrogen) atoms. The van der Waals surface area contributed by atoms with Crippen LogP contribution in [0.3, 0.4) is 0 Å². The fourth-order valence-corrected chi connectivity index (χ4v) is 2.44. The fourth-order valence-electron chi connectivity index (χ4n) is 1.51. The van der Waals surface area contributed by atoms with E-state index in [-0.39, 0.29) is 19.1 Å². The van der Waals surface area contributed by atoms with Crippen LogP contribution in [0, 0.1) is 3.57 Å². The SMILES string of the molecule is COCC(O)CN(C)C(=O)c1cc(Br)ccc1I. The summed E-state index contributed by atoms with van der Waals surface area (Å²) < 4.78 is 6.58. The molecule has 1 N–H and O–H groups in total. The Labute approximate surface area is 129 Å². The molecule has 1 atom stereocenters. The van der Waals surface area contributed by atoms with Gasteiger partial charge in [-0.15, -0.1) is 0 Å². The van der Waals surface area contributed by atoms with Gasteiger partial charge in [-0.05, 0) is 40.8 Å². The molecule has 0 saturated heterocycles. The molecule has 1 amide bonds. The first-order valence-electron chi connectivity index (χ1n) is 5.33. The zero-order valence-electron chi connectivity index (χ0n) is 10.2. The quantitative estimate of drug-likeness (QED) is 0.732. The molecule has 0 aliphatic heterocycles. The van der Waals surface area contributed by atoms with E-state index in [1.54, 1.807) is 13.1 Å². The van der Waals surface area contributed by atoms with E-state index in [9.17, 15) is 9.90 Å². The number of rotatable bonds is 5. The minimum Gasteiger partial charge on any atom is -0.389 e. The molecule has 6 heteroatoms. The van der Waals surface area contributed by atoms with Crippen molar-refractivity contribution in [3.05, 3.63) is 31.8 Å². The van der Waals surface area contributed by atoms with Crippen molar-refractivity contribution in [2.24, 2.45) is 0 Å². The monoisotopic (exact) mass is 427 g/mol. The summed E-state index contributed by atoms with van der Waals surface area (Å²) in [5.74, 6) is -0.115. The van der Waals surface area contributed by atoms with Crippen LogP contribution in [0.5, 0.6) is 0 Å². The molecule has 0 bridgehead atoms. The summed E-state index contributed by atoms with van der Waals surface area (Å²) in [6.45, 7) is 0.461. The van der Waals surface area contributed by atoms with Gasteiger partial charge in [0.1, 0.15) is 0 Å². The van der Waals surface area contributed by atoms with E-state index < -0.39 is 6.10 Å². The summed E-state index contributed by atoms with van der Waals surface area (Å²) in [6.07, 6.45) is -0.672. The number of amides is 1. The van der Waals surface area contributed by atoms with Crippen molar-refractivity contribution in [3.8, 4) is 0 Å². The molecule has 1 aromatic rings. The second-order valence-corrected chi connectivity index (χ2v) is 6.00. The van der Waals surface area contributed by atoms with E-state index in [0.29, 0.717) is 5.56 Å². The lowest BCUT2D eigenvalue weighted by atomic mass is 10.2. The minimum atomic E-state index is -0.672. The van der Waals surface area contributed by atoms with Crippen LogP contribution < -0.4 is 0 Å². The summed E-state index contributed by atoms with van der Waals surface area (Å²) in [5.41, 5.74) is 0.622. The van der Waals surface area contributed by atoms with Gasteiger partial charge in [0.15, 0.2) is 0 Å². The molecule has 0 fully saturated rings. The summed E-state index contributed by atoms with van der Waals surface area (Å²) in [5, 5.41) is 9.61. The van der Waals surface area contributed by atoms with E-state index in [1.165, 1.54) is 12.0 Å². The Bertz CT molecular complexity index is 428. The van der Waals surface area contributed by atoms with Crippen LogP contribution in [-0.4, -0.2) is 49.3 Å². The van der Waals surface area contributed by atoms with Crippen LogP contribution >= 0.6 is 38.5 Å². The standard InChI is InChI=1S/C12H15BrINO3/c1-15(6-9(16)7-18-2)12(17)10-5-8(13)3-4-11(10)14/h3-5,9,16H,6-7H2,1-2H3. The van der Waals surface area contributed by atoms with Gasteiger partial charge in [-0.1, -0.05) is 15.9 Å². The highest BCUT2D eigenvalue weighted by atomic mass is 127. The van der Waals surface area contributed by atoms with E-state index in [2.05, 4.69) is 38.5 Å². The highest BCUT2D eigenvalue weighted by Gasteiger charge is 2.17. The molecule has 1 rings (SSSR count). The van der Waals surface area contributed by atoms with Gasteiger partial charge < -0.3 is 14.7 Å². The van der Waals surface area contributed by atoms with Crippen LogP contribution in [0.15, 0.2) is 22.7 Å². The first kappa shape index (κ1) is 15.9. The van der Waals surface area contributed by atoms with Crippen molar-refractivity contribution < 1.29 is 14.6 Å². The number of nitrogens with zero attached hydrogens (tertiary/aromatic N) is 1. The van der Waals surface area contributed by atoms with Crippen molar-refractivity contribution in [2.45, 2.75) is 6.10 Å². The molecule has 4 nitrogen and oxygen atoms in total. The Morgan fingerprint density at radius 3 is 2.89 bits per heavy atom. The minimum absolute atomic E-state index is 0.115. The molecule has 0 aliphatic carbocycles. The second kappa shape index (κ2) is 7.42. The Hall–Kier alpha value is -0.180. The van der Waals surface area contributed by atoms with Gasteiger partial charge in [-0.25, -0.2) is 0 Å². The number of halogens is 2. The van der Waals surface area contributed by atoms with Crippen LogP contribution in [0.2, 0.25) is 0 Å². The van der Waals surface area contributed by atoms with Crippen LogP contribution in [-0.2, 0) is 4.74 Å². The van der Waals surface area contributed by atoms with Crippen molar-refractivity contribution >= 4 is 44.4 Å². The van der Waals surface area contributed by atoms with Gasteiger partial charge in [-0.2, -0.15) is 0 Å². The largest absolute Gasteiger partial charge is 0.389 e. The van der Waals surface area contributed by atoms with E-state index in [1.807, 2.05) is 12.1 Å². The number of aliphatic hydroxyl groups excluding tert-OH is 1. The normalized spacial score (nSPS) is 12.3. The predicted molar refractivity (Wildman–Crippen MR) is 81.7 cm³/mol. The van der Waals surface area contributed by atoms with Gasteiger partial charge >= 0.3 is 0 Å². The smallest absolute Gasteiger partial charge is 0.254 e. The lowest BCUT2D eigenvalue weighted by Crippen LogP contribution is -2.36. The van der Waals surface area contributed by atoms with Gasteiger partial charge in [0.2, 0.25) is 0 Å². The Morgan fingerprint density at radius 1 is 1.61 bits per heavy atom. The highest BCUT2D eigenvalue weighted by molar-refractivity contribution is 14.1. The average Bonchev–Trinajstić information content (AvgIpc) is 2.31. The van der Waals surface area contributed by atoms with Crippen LogP contribution in [0.4, 0.5) is 0 Å². The summed E-state index contributed by atoms with van der Waals surface area (Å²) in [6, 6.07) is 5.54. The number of methoxy groups -OCH3 is 1. The lowest BCUT2D eigenvalue weighted by molar-refractivity contribution is 0.0380. The number of carbonyl (C=O) groups excluding carboxylic acids is 1. The van der Waals surface area contributed by atoms with E-state index in [4.69, 9.17) is 4.74 Å². The van der Waals surface area contributed by atoms with E-state index >= 15 is 0 Å². The van der Waals surface area contributed by atoms with Gasteiger partial charge in [0, 0.05) is 28.7 Å².